The first-order valence-corrected chi connectivity index (χ1v) is 8.11. The Hall–Kier alpha value is -1.83. The fourth-order valence-electron chi connectivity index (χ4n) is 2.23. The van der Waals surface area contributed by atoms with Crippen molar-refractivity contribution in [2.45, 2.75) is 19.0 Å². The van der Waals surface area contributed by atoms with Crippen LogP contribution in [0.5, 0.6) is 0 Å². The summed E-state index contributed by atoms with van der Waals surface area (Å²) in [6.45, 7) is 5.01. The van der Waals surface area contributed by atoms with Crippen LogP contribution in [0.4, 0.5) is 13.2 Å². The molecule has 1 amide bonds. The lowest BCUT2D eigenvalue weighted by Crippen LogP contribution is -2.27. The minimum Gasteiger partial charge on any atom is -0.366 e. The molecule has 4 nitrogen and oxygen atoms in total. The monoisotopic (exact) mass is 335 g/mol. The Balaban J connectivity index is 3.14. The molecule has 0 heterocycles. The lowest BCUT2D eigenvalue weighted by Gasteiger charge is -2.17. The van der Waals surface area contributed by atoms with Crippen molar-refractivity contribution in [1.82, 2.24) is 0 Å². The average molecular weight is 335 g/mol. The molecular weight excluding hydrogens is 319 g/mol. The third-order valence-corrected chi connectivity index (χ3v) is 4.80. The van der Waals surface area contributed by atoms with E-state index in [0.717, 1.165) is 0 Å². The third-order valence-electron chi connectivity index (χ3n) is 3.03. The van der Waals surface area contributed by atoms with Gasteiger partial charge in [-0.05, 0) is 23.1 Å². The molecule has 1 atom stereocenters. The van der Waals surface area contributed by atoms with Crippen molar-refractivity contribution < 1.29 is 26.4 Å². The van der Waals surface area contributed by atoms with Crippen LogP contribution in [0.25, 0.3) is 6.08 Å². The maximum Gasteiger partial charge on any atom is 0.402 e. The minimum atomic E-state index is -4.78. The number of amides is 1. The zero-order valence-electron chi connectivity index (χ0n) is 11.9. The summed E-state index contributed by atoms with van der Waals surface area (Å²) < 4.78 is 60.0. The van der Waals surface area contributed by atoms with Crippen LogP contribution in [0.2, 0.25) is 0 Å². The Morgan fingerprint density at radius 2 is 2.00 bits per heavy atom. The highest BCUT2D eigenvalue weighted by Gasteiger charge is 2.36. The molecule has 0 saturated carbocycles. The van der Waals surface area contributed by atoms with Crippen molar-refractivity contribution in [3.63, 3.8) is 0 Å². The molecule has 122 valence electrons. The second kappa shape index (κ2) is 6.51. The summed E-state index contributed by atoms with van der Waals surface area (Å²) in [5.74, 6) is -4.01. The molecule has 0 aliphatic heterocycles. The van der Waals surface area contributed by atoms with E-state index in [0.29, 0.717) is 11.1 Å². The Morgan fingerprint density at radius 3 is 2.45 bits per heavy atom. The molecule has 1 rings (SSSR count). The van der Waals surface area contributed by atoms with Crippen LogP contribution in [0.3, 0.4) is 0 Å². The van der Waals surface area contributed by atoms with Crippen molar-refractivity contribution in [3.8, 4) is 0 Å². The molecule has 0 fully saturated rings. The standard InChI is InChI=1S/C14H16F3NO3S/c1-3-10-11(5-4-6-12(10)13(18)19)9(2)7-22(20,21)8-14(15,16)17/h3-6,9H,1,7-8H2,2H3,(H2,18,19)/t9-/m0/s1. The normalized spacial score (nSPS) is 13.6. The van der Waals surface area contributed by atoms with Gasteiger partial charge in [-0.2, -0.15) is 13.2 Å². The number of carbonyl (C=O) groups is 1. The number of hydrogen-bond donors (Lipinski definition) is 1. The van der Waals surface area contributed by atoms with Crippen molar-refractivity contribution in [2.75, 3.05) is 11.5 Å². The largest absolute Gasteiger partial charge is 0.402 e. The molecule has 22 heavy (non-hydrogen) atoms. The first kappa shape index (κ1) is 18.2. The molecule has 0 radical (unpaired) electrons. The van der Waals surface area contributed by atoms with Gasteiger partial charge in [-0.25, -0.2) is 8.42 Å². The number of benzene rings is 1. The Labute approximate surface area is 126 Å². The number of alkyl halides is 3. The van der Waals surface area contributed by atoms with Gasteiger partial charge in [-0.15, -0.1) is 0 Å². The topological polar surface area (TPSA) is 77.2 Å². The summed E-state index contributed by atoms with van der Waals surface area (Å²) >= 11 is 0. The molecule has 0 spiro atoms. The zero-order chi connectivity index (χ0) is 17.1. The van der Waals surface area contributed by atoms with E-state index in [1.165, 1.54) is 31.2 Å². The Bertz CT molecular complexity index is 681. The summed E-state index contributed by atoms with van der Waals surface area (Å²) in [5, 5.41) is 0. The number of rotatable bonds is 6. The molecule has 0 saturated heterocycles. The Kier molecular flexibility index (Phi) is 5.39. The molecule has 0 aromatic heterocycles. The summed E-state index contributed by atoms with van der Waals surface area (Å²) in [7, 11) is -4.32. The van der Waals surface area contributed by atoms with Crippen molar-refractivity contribution in [2.24, 2.45) is 5.73 Å². The number of primary amides is 1. The maximum absolute atomic E-state index is 12.3. The van der Waals surface area contributed by atoms with E-state index in [2.05, 4.69) is 6.58 Å². The van der Waals surface area contributed by atoms with Gasteiger partial charge < -0.3 is 5.73 Å². The van der Waals surface area contributed by atoms with Crippen LogP contribution in [-0.4, -0.2) is 32.0 Å². The number of halogens is 3. The van der Waals surface area contributed by atoms with Crippen LogP contribution >= 0.6 is 0 Å². The quantitative estimate of drug-likeness (QED) is 0.868. The van der Waals surface area contributed by atoms with Gasteiger partial charge in [0.25, 0.3) is 0 Å². The molecule has 0 aliphatic carbocycles. The van der Waals surface area contributed by atoms with E-state index in [1.807, 2.05) is 0 Å². The van der Waals surface area contributed by atoms with E-state index in [-0.39, 0.29) is 5.56 Å². The van der Waals surface area contributed by atoms with Gasteiger partial charge in [0.05, 0.1) is 5.75 Å². The number of hydrogen-bond acceptors (Lipinski definition) is 3. The Morgan fingerprint density at radius 1 is 1.41 bits per heavy atom. The van der Waals surface area contributed by atoms with E-state index >= 15 is 0 Å². The lowest BCUT2D eigenvalue weighted by molar-refractivity contribution is -0.106. The zero-order valence-corrected chi connectivity index (χ0v) is 12.7. The molecule has 0 bridgehead atoms. The molecule has 0 aliphatic rings. The molecule has 1 aromatic carbocycles. The predicted molar refractivity (Wildman–Crippen MR) is 78.2 cm³/mol. The molecular formula is C14H16F3NO3S. The van der Waals surface area contributed by atoms with Crippen LogP contribution in [0.1, 0.15) is 34.3 Å². The van der Waals surface area contributed by atoms with Crippen LogP contribution in [-0.2, 0) is 9.84 Å². The third kappa shape index (κ3) is 4.87. The van der Waals surface area contributed by atoms with Gasteiger partial charge in [0.2, 0.25) is 5.91 Å². The van der Waals surface area contributed by atoms with E-state index in [4.69, 9.17) is 5.73 Å². The fraction of sp³-hybridized carbons (Fsp3) is 0.357. The molecule has 8 heteroatoms. The second-order valence-corrected chi connectivity index (χ2v) is 7.06. The summed E-state index contributed by atoms with van der Waals surface area (Å²) in [4.78, 5) is 11.3. The van der Waals surface area contributed by atoms with Crippen LogP contribution < -0.4 is 5.73 Å². The number of sulfone groups is 1. The van der Waals surface area contributed by atoms with Crippen LogP contribution in [0, 0.1) is 0 Å². The summed E-state index contributed by atoms with van der Waals surface area (Å²) in [5.41, 5.74) is 6.11. The highest BCUT2D eigenvalue weighted by molar-refractivity contribution is 7.91. The number of carbonyl (C=O) groups excluding carboxylic acids is 1. The minimum absolute atomic E-state index is 0.146. The van der Waals surface area contributed by atoms with Gasteiger partial charge in [0.15, 0.2) is 9.84 Å². The smallest absolute Gasteiger partial charge is 0.366 e. The van der Waals surface area contributed by atoms with Gasteiger partial charge in [0.1, 0.15) is 5.75 Å². The first-order valence-electron chi connectivity index (χ1n) is 6.29. The second-order valence-electron chi connectivity index (χ2n) is 4.95. The van der Waals surface area contributed by atoms with E-state index in [9.17, 15) is 26.4 Å². The van der Waals surface area contributed by atoms with Crippen molar-refractivity contribution >= 4 is 21.8 Å². The lowest BCUT2D eigenvalue weighted by atomic mass is 9.93. The first-order chi connectivity index (χ1) is 9.97. The SMILES string of the molecule is C=Cc1c(C(N)=O)cccc1[C@@H](C)CS(=O)(=O)CC(F)(F)F. The van der Waals surface area contributed by atoms with Gasteiger partial charge in [-0.1, -0.05) is 31.7 Å². The molecule has 1 aromatic rings. The molecule has 0 unspecified atom stereocenters. The maximum atomic E-state index is 12.3. The molecule has 2 N–H and O–H groups in total. The number of nitrogens with two attached hydrogens (primary N) is 1. The summed E-state index contributed by atoms with van der Waals surface area (Å²) in [6.07, 6.45) is -3.45. The highest BCUT2D eigenvalue weighted by Crippen LogP contribution is 2.27. The van der Waals surface area contributed by atoms with Crippen LogP contribution in [0.15, 0.2) is 24.8 Å². The van der Waals surface area contributed by atoms with Crippen molar-refractivity contribution in [1.29, 1.82) is 0 Å². The van der Waals surface area contributed by atoms with Crippen molar-refractivity contribution in [3.05, 3.63) is 41.5 Å². The van der Waals surface area contributed by atoms with E-state index < -0.39 is 39.3 Å². The van der Waals surface area contributed by atoms with Gasteiger partial charge in [-0.3, -0.25) is 4.79 Å². The van der Waals surface area contributed by atoms with Gasteiger partial charge in [0, 0.05) is 5.56 Å². The van der Waals surface area contributed by atoms with Gasteiger partial charge >= 0.3 is 6.18 Å². The fourth-order valence-corrected chi connectivity index (χ4v) is 3.79. The average Bonchev–Trinajstić information content (AvgIpc) is 2.33. The highest BCUT2D eigenvalue weighted by atomic mass is 32.2. The summed E-state index contributed by atoms with van der Waals surface area (Å²) in [6, 6.07) is 4.48. The predicted octanol–water partition coefficient (Wildman–Crippen LogP) is 2.51. The van der Waals surface area contributed by atoms with E-state index in [1.54, 1.807) is 0 Å².